The van der Waals surface area contributed by atoms with E-state index in [1.807, 2.05) is 0 Å². The van der Waals surface area contributed by atoms with Crippen molar-refractivity contribution in [1.82, 2.24) is 10.6 Å². The van der Waals surface area contributed by atoms with Crippen molar-refractivity contribution in [2.45, 2.75) is 157 Å². The summed E-state index contributed by atoms with van der Waals surface area (Å²) in [4.78, 5) is 25.4. The normalized spacial score (nSPS) is 12.4. The van der Waals surface area contributed by atoms with Crippen molar-refractivity contribution in [3.05, 3.63) is 0 Å². The van der Waals surface area contributed by atoms with Gasteiger partial charge >= 0.3 is 0 Å². The first-order valence-electron chi connectivity index (χ1n) is 20.0. The summed E-state index contributed by atoms with van der Waals surface area (Å²) in [7, 11) is -5.26. The van der Waals surface area contributed by atoms with Crippen molar-refractivity contribution < 1.29 is 18.0 Å². The maximum Gasteiger partial charge on any atom is 0.223 e. The smallest absolute Gasteiger partial charge is 0.223 e. The molecule has 0 aliphatic carbocycles. The summed E-state index contributed by atoms with van der Waals surface area (Å²) in [5, 5.41) is 6.15. The van der Waals surface area contributed by atoms with Crippen LogP contribution in [0, 0.1) is 0 Å². The molecule has 0 aromatic rings. The Bertz CT molecular complexity index is 777. The van der Waals surface area contributed by atoms with Crippen molar-refractivity contribution >= 4 is 36.2 Å². The molecule has 6 nitrogen and oxygen atoms in total. The number of rotatable bonds is 34. The summed E-state index contributed by atoms with van der Waals surface area (Å²) < 4.78 is 25.2. The molecule has 0 saturated heterocycles. The number of carbonyl (C=O) groups is 2. The van der Waals surface area contributed by atoms with Crippen LogP contribution in [-0.4, -0.2) is 94.1 Å². The fourth-order valence-corrected chi connectivity index (χ4v) is 18.1. The van der Waals surface area contributed by atoms with Crippen LogP contribution in [0.3, 0.4) is 0 Å². The van der Waals surface area contributed by atoms with E-state index in [0.29, 0.717) is 51.6 Å². The summed E-state index contributed by atoms with van der Waals surface area (Å²) in [6, 6.07) is 0. The molecule has 280 valence electrons. The molecule has 0 saturated carbocycles. The molecule has 0 spiro atoms. The summed E-state index contributed by atoms with van der Waals surface area (Å²) in [6.45, 7) is 14.7. The molecule has 47 heavy (non-hydrogen) atoms. The molecule has 0 unspecified atom stereocenters. The number of unbranched alkanes of at least 4 members (excludes halogenated alkanes) is 8. The van der Waals surface area contributed by atoms with E-state index >= 15 is 0 Å². The van der Waals surface area contributed by atoms with Crippen LogP contribution >= 0.6 is 14.5 Å². The van der Waals surface area contributed by atoms with Crippen LogP contribution in [-0.2, 0) is 19.4 Å². The fraction of sp³-hybridized carbons (Fsp3) is 0.947. The monoisotopic (exact) mass is 723 g/mol. The van der Waals surface area contributed by atoms with E-state index in [4.69, 9.17) is 0 Å². The minimum Gasteiger partial charge on any atom is -0.356 e. The van der Waals surface area contributed by atoms with E-state index in [2.05, 4.69) is 52.2 Å². The minimum atomic E-state index is -3.11. The van der Waals surface area contributed by atoms with Gasteiger partial charge in [0.2, 0.25) is 11.8 Å². The lowest BCUT2D eigenvalue weighted by Crippen LogP contribution is -2.27. The average Bonchev–Trinajstić information content (AvgIpc) is 3.06. The maximum atomic E-state index is 12.7. The molecule has 0 aliphatic rings. The predicted molar refractivity (Wildman–Crippen MR) is 215 cm³/mol. The molecule has 0 bridgehead atoms. The highest BCUT2D eigenvalue weighted by Crippen LogP contribution is 2.62. The summed E-state index contributed by atoms with van der Waals surface area (Å²) >= 11 is 0. The van der Waals surface area contributed by atoms with Gasteiger partial charge in [-0.05, 0) is 64.2 Å². The van der Waals surface area contributed by atoms with E-state index in [0.717, 1.165) is 12.3 Å². The Kier molecular flexibility index (Phi) is 29.3. The molecule has 0 rings (SSSR count). The lowest BCUT2D eigenvalue weighted by molar-refractivity contribution is -0.121. The number of hydrogen-bond acceptors (Lipinski definition) is 4. The van der Waals surface area contributed by atoms with E-state index in [1.165, 1.54) is 114 Å². The fourth-order valence-electron chi connectivity index (χ4n) is 6.61. The van der Waals surface area contributed by atoms with Gasteiger partial charge in [0, 0.05) is 27.6 Å². The lowest BCUT2D eigenvalue weighted by atomic mass is 10.3. The highest BCUT2D eigenvalue weighted by atomic mass is 32.2. The molecule has 0 aromatic carbocycles. The summed E-state index contributed by atoms with van der Waals surface area (Å²) in [5.74, 6) is 0.626. The maximum absolute atomic E-state index is 12.7. The van der Waals surface area contributed by atoms with Gasteiger partial charge < -0.3 is 10.6 Å². The Balaban J connectivity index is 4.40. The molecule has 2 N–H and O–H groups in total. The van der Waals surface area contributed by atoms with E-state index in [1.54, 1.807) is 0 Å². The Hall–Kier alpha value is -0.250. The molecule has 0 heterocycles. The minimum absolute atomic E-state index is 0.138. The molecule has 9 heteroatoms. The average molecular weight is 723 g/mol. The molecular weight excluding hydrogens is 642 g/mol. The molecule has 2 amide bonds. The largest absolute Gasteiger partial charge is 0.356 e. The van der Waals surface area contributed by atoms with Gasteiger partial charge in [-0.15, -0.1) is 0 Å². The van der Waals surface area contributed by atoms with Crippen LogP contribution < -0.4 is 10.6 Å². The summed E-state index contributed by atoms with van der Waals surface area (Å²) in [5.41, 5.74) is 0. The van der Waals surface area contributed by atoms with Crippen LogP contribution in [0.2, 0.25) is 0 Å². The number of sulfone groups is 1. The van der Waals surface area contributed by atoms with Gasteiger partial charge in [-0.3, -0.25) is 9.59 Å². The van der Waals surface area contributed by atoms with Gasteiger partial charge in [-0.1, -0.05) is 80.1 Å². The third kappa shape index (κ3) is 24.5. The van der Waals surface area contributed by atoms with Crippen LogP contribution in [0.1, 0.15) is 157 Å². The van der Waals surface area contributed by atoms with Crippen molar-refractivity contribution in [1.29, 1.82) is 0 Å². The predicted octanol–water partition coefficient (Wildman–Crippen LogP) is 9.81. The second kappa shape index (κ2) is 29.5. The SMILES string of the molecule is CCCC[P+](CCCC)(CCCC)CCC(=O)NCCCCS(=O)(=O)CCCCNC(=O)CC[P+](CCCC)(CCCC)CCCC. The number of amides is 2. The lowest BCUT2D eigenvalue weighted by Gasteiger charge is -2.28. The van der Waals surface area contributed by atoms with E-state index < -0.39 is 24.4 Å². The van der Waals surface area contributed by atoms with Crippen LogP contribution in [0.15, 0.2) is 0 Å². The van der Waals surface area contributed by atoms with Crippen LogP contribution in [0.4, 0.5) is 0 Å². The highest BCUT2D eigenvalue weighted by Gasteiger charge is 2.36. The van der Waals surface area contributed by atoms with Crippen molar-refractivity contribution in [3.8, 4) is 0 Å². The number of hydrogen-bond donors (Lipinski definition) is 2. The van der Waals surface area contributed by atoms with Gasteiger partial charge in [-0.2, -0.15) is 0 Å². The number of carbonyl (C=O) groups excluding carboxylic acids is 2. The third-order valence-electron chi connectivity index (χ3n) is 9.95. The zero-order chi connectivity index (χ0) is 35.3. The van der Waals surface area contributed by atoms with Crippen molar-refractivity contribution in [2.24, 2.45) is 0 Å². The molecule has 0 radical (unpaired) electrons. The second-order valence-electron chi connectivity index (χ2n) is 14.4. The van der Waals surface area contributed by atoms with Gasteiger partial charge in [0.1, 0.15) is 9.84 Å². The zero-order valence-electron chi connectivity index (χ0n) is 32.1. The quantitative estimate of drug-likeness (QED) is 0.0511. The third-order valence-corrected chi connectivity index (χ3v) is 21.7. The first kappa shape index (κ1) is 46.8. The topological polar surface area (TPSA) is 92.3 Å². The standard InChI is InChI=1S/C38H78N2O4P2S/c1-7-13-27-45(28-14-8-2,29-15-9-3)33-23-37(41)39-25-19-21-35-47(43,44)36-22-20-26-40-38(42)24-34-46(30-16-10-4,31-17-11-5)32-18-12-6/h7-36H2,1-6H3/p+2. The first-order chi connectivity index (χ1) is 22.6. The molecule has 0 atom stereocenters. The number of nitrogens with one attached hydrogen (secondary N) is 2. The van der Waals surface area contributed by atoms with E-state index in [-0.39, 0.29) is 23.3 Å². The molecule has 0 fully saturated rings. The summed E-state index contributed by atoms with van der Waals surface area (Å²) in [6.07, 6.45) is 29.0. The Labute approximate surface area is 294 Å². The second-order valence-corrected chi connectivity index (χ2v) is 25.6. The van der Waals surface area contributed by atoms with Gasteiger partial charge in [0.25, 0.3) is 0 Å². The molecule has 0 aliphatic heterocycles. The van der Waals surface area contributed by atoms with Crippen molar-refractivity contribution in [2.75, 3.05) is 73.9 Å². The van der Waals surface area contributed by atoms with Crippen molar-refractivity contribution in [3.63, 3.8) is 0 Å². The van der Waals surface area contributed by atoms with Gasteiger partial charge in [0.05, 0.1) is 73.6 Å². The first-order valence-corrected chi connectivity index (χ1v) is 26.9. The highest BCUT2D eigenvalue weighted by molar-refractivity contribution is 7.91. The van der Waals surface area contributed by atoms with Gasteiger partial charge in [-0.25, -0.2) is 8.42 Å². The van der Waals surface area contributed by atoms with E-state index in [9.17, 15) is 18.0 Å². The Morgan fingerprint density at radius 2 is 0.702 bits per heavy atom. The molecular formula is C38H80N2O4P2S+2. The Morgan fingerprint density at radius 3 is 0.957 bits per heavy atom. The van der Waals surface area contributed by atoms with Crippen LogP contribution in [0.25, 0.3) is 0 Å². The van der Waals surface area contributed by atoms with Gasteiger partial charge in [0.15, 0.2) is 0 Å². The Morgan fingerprint density at radius 1 is 0.426 bits per heavy atom. The zero-order valence-corrected chi connectivity index (χ0v) is 34.8. The molecule has 0 aromatic heterocycles. The van der Waals surface area contributed by atoms with Crippen LogP contribution in [0.5, 0.6) is 0 Å².